The number of carbonyl (C=O) groups excluding carboxylic acids is 1. The van der Waals surface area contributed by atoms with Crippen LogP contribution in [0.1, 0.15) is 42.5 Å². The van der Waals surface area contributed by atoms with E-state index < -0.39 is 5.82 Å². The quantitative estimate of drug-likeness (QED) is 0.758. The van der Waals surface area contributed by atoms with E-state index in [1.807, 2.05) is 0 Å². The van der Waals surface area contributed by atoms with Crippen LogP contribution in [-0.4, -0.2) is 16.8 Å². The summed E-state index contributed by atoms with van der Waals surface area (Å²) in [6.45, 7) is 0. The highest BCUT2D eigenvalue weighted by Gasteiger charge is 2.33. The average Bonchev–Trinajstić information content (AvgIpc) is 2.42. The molecule has 1 aromatic rings. The number of alkyl halides is 1. The van der Waals surface area contributed by atoms with E-state index in [0.29, 0.717) is 9.80 Å². The van der Waals surface area contributed by atoms with Crippen molar-refractivity contribution in [2.24, 2.45) is 0 Å². The molecule has 0 aliphatic heterocycles. The van der Waals surface area contributed by atoms with Crippen LogP contribution in [0.4, 0.5) is 4.39 Å². The predicted molar refractivity (Wildman–Crippen MR) is 81.2 cm³/mol. The summed E-state index contributed by atoms with van der Waals surface area (Å²) in [4.78, 5) is 12.3. The van der Waals surface area contributed by atoms with Crippen molar-refractivity contribution < 1.29 is 9.18 Å². The lowest BCUT2D eigenvalue weighted by atomic mass is 9.83. The van der Waals surface area contributed by atoms with Crippen molar-refractivity contribution in [1.29, 1.82) is 0 Å². The van der Waals surface area contributed by atoms with E-state index in [4.69, 9.17) is 0 Å². The molecule has 0 heterocycles. The summed E-state index contributed by atoms with van der Waals surface area (Å²) < 4.78 is 14.2. The van der Waals surface area contributed by atoms with Gasteiger partial charge in [0.05, 0.1) is 15.6 Å². The standard InChI is InChI=1S/C14H16Br2FNO/c15-9-14(7-2-1-3-8-14)18-13(19)10-5-4-6-11(16)12(10)17/h4-6H,1-3,7-9H2,(H,18,19). The van der Waals surface area contributed by atoms with Crippen molar-refractivity contribution >= 4 is 37.8 Å². The maximum Gasteiger partial charge on any atom is 0.254 e. The molecule has 1 saturated carbocycles. The van der Waals surface area contributed by atoms with Gasteiger partial charge in [-0.05, 0) is 40.9 Å². The lowest BCUT2D eigenvalue weighted by Crippen LogP contribution is -2.51. The van der Waals surface area contributed by atoms with Gasteiger partial charge in [-0.15, -0.1) is 0 Å². The van der Waals surface area contributed by atoms with Gasteiger partial charge in [0, 0.05) is 5.33 Å². The van der Waals surface area contributed by atoms with Gasteiger partial charge in [-0.2, -0.15) is 0 Å². The van der Waals surface area contributed by atoms with Gasteiger partial charge in [0.15, 0.2) is 0 Å². The number of nitrogens with one attached hydrogen (secondary N) is 1. The maximum absolute atomic E-state index is 13.9. The molecule has 104 valence electrons. The third-order valence-electron chi connectivity index (χ3n) is 3.64. The summed E-state index contributed by atoms with van der Waals surface area (Å²) in [7, 11) is 0. The minimum Gasteiger partial charge on any atom is -0.346 e. The summed E-state index contributed by atoms with van der Waals surface area (Å²) in [5.41, 5.74) is -0.135. The lowest BCUT2D eigenvalue weighted by molar-refractivity contribution is 0.0882. The van der Waals surface area contributed by atoms with Crippen LogP contribution in [0, 0.1) is 5.82 Å². The molecule has 19 heavy (non-hydrogen) atoms. The first kappa shape index (κ1) is 15.0. The number of amides is 1. The Balaban J connectivity index is 2.17. The molecule has 0 saturated heterocycles. The second kappa shape index (κ2) is 6.35. The minimum atomic E-state index is -0.500. The van der Waals surface area contributed by atoms with E-state index in [1.165, 1.54) is 12.5 Å². The van der Waals surface area contributed by atoms with E-state index >= 15 is 0 Å². The molecule has 0 atom stereocenters. The van der Waals surface area contributed by atoms with Crippen molar-refractivity contribution in [2.45, 2.75) is 37.6 Å². The summed E-state index contributed by atoms with van der Waals surface area (Å²) in [5.74, 6) is -0.833. The first-order valence-electron chi connectivity index (χ1n) is 6.40. The number of benzene rings is 1. The Bertz CT molecular complexity index is 473. The molecule has 0 bridgehead atoms. The van der Waals surface area contributed by atoms with E-state index in [9.17, 15) is 9.18 Å². The molecule has 1 aliphatic carbocycles. The number of carbonyl (C=O) groups is 1. The fourth-order valence-electron chi connectivity index (χ4n) is 2.51. The monoisotopic (exact) mass is 391 g/mol. The fraction of sp³-hybridized carbons (Fsp3) is 0.500. The number of rotatable bonds is 3. The molecule has 0 radical (unpaired) electrons. The van der Waals surface area contributed by atoms with Crippen LogP contribution in [0.15, 0.2) is 22.7 Å². The van der Waals surface area contributed by atoms with Crippen LogP contribution < -0.4 is 5.32 Å². The first-order valence-corrected chi connectivity index (χ1v) is 8.32. The molecule has 0 spiro atoms. The van der Waals surface area contributed by atoms with Crippen LogP contribution >= 0.6 is 31.9 Å². The smallest absolute Gasteiger partial charge is 0.254 e. The van der Waals surface area contributed by atoms with Crippen LogP contribution in [0.2, 0.25) is 0 Å². The van der Waals surface area contributed by atoms with Crippen LogP contribution in [-0.2, 0) is 0 Å². The zero-order chi connectivity index (χ0) is 13.9. The molecule has 5 heteroatoms. The number of halogens is 3. The maximum atomic E-state index is 13.9. The Morgan fingerprint density at radius 1 is 1.32 bits per heavy atom. The first-order chi connectivity index (χ1) is 9.08. The third kappa shape index (κ3) is 3.37. The molecule has 0 unspecified atom stereocenters. The minimum absolute atomic E-state index is 0.0975. The zero-order valence-corrected chi connectivity index (χ0v) is 13.7. The topological polar surface area (TPSA) is 29.1 Å². The van der Waals surface area contributed by atoms with Gasteiger partial charge in [0.25, 0.3) is 5.91 Å². The van der Waals surface area contributed by atoms with Gasteiger partial charge in [0.1, 0.15) is 5.82 Å². The molecule has 1 amide bonds. The normalized spacial score (nSPS) is 18.1. The zero-order valence-electron chi connectivity index (χ0n) is 10.5. The van der Waals surface area contributed by atoms with E-state index in [-0.39, 0.29) is 17.0 Å². The Kier molecular flexibility index (Phi) is 5.01. The molecule has 1 fully saturated rings. The number of hydrogen-bond donors (Lipinski definition) is 1. The Hall–Kier alpha value is -0.420. The fourth-order valence-corrected chi connectivity index (χ4v) is 3.58. The van der Waals surface area contributed by atoms with Crippen molar-refractivity contribution in [1.82, 2.24) is 5.32 Å². The van der Waals surface area contributed by atoms with Crippen molar-refractivity contribution in [3.05, 3.63) is 34.1 Å². The Morgan fingerprint density at radius 3 is 2.63 bits per heavy atom. The van der Waals surface area contributed by atoms with E-state index in [2.05, 4.69) is 37.2 Å². The molecule has 2 nitrogen and oxygen atoms in total. The Morgan fingerprint density at radius 2 is 2.00 bits per heavy atom. The molecular formula is C14H16Br2FNO. The third-order valence-corrected chi connectivity index (χ3v) is 5.33. The van der Waals surface area contributed by atoms with Gasteiger partial charge in [0.2, 0.25) is 0 Å². The molecule has 2 rings (SSSR count). The SMILES string of the molecule is O=C(NC1(CBr)CCCCC1)c1cccc(Br)c1F. The highest BCUT2D eigenvalue weighted by molar-refractivity contribution is 9.10. The number of hydrogen-bond acceptors (Lipinski definition) is 1. The predicted octanol–water partition coefficient (Wildman–Crippen LogP) is 4.42. The molecule has 1 N–H and O–H groups in total. The van der Waals surface area contributed by atoms with Crippen molar-refractivity contribution in [3.63, 3.8) is 0 Å². The molecular weight excluding hydrogens is 377 g/mol. The van der Waals surface area contributed by atoms with Gasteiger partial charge in [-0.1, -0.05) is 41.3 Å². The van der Waals surface area contributed by atoms with Gasteiger partial charge >= 0.3 is 0 Å². The van der Waals surface area contributed by atoms with Crippen molar-refractivity contribution in [3.8, 4) is 0 Å². The highest BCUT2D eigenvalue weighted by atomic mass is 79.9. The van der Waals surface area contributed by atoms with Gasteiger partial charge in [-0.3, -0.25) is 4.79 Å². The highest BCUT2D eigenvalue weighted by Crippen LogP contribution is 2.30. The largest absolute Gasteiger partial charge is 0.346 e. The van der Waals surface area contributed by atoms with Crippen LogP contribution in [0.25, 0.3) is 0 Å². The van der Waals surface area contributed by atoms with E-state index in [1.54, 1.807) is 12.1 Å². The molecule has 1 aromatic carbocycles. The second-order valence-corrected chi connectivity index (χ2v) is 6.45. The van der Waals surface area contributed by atoms with Crippen molar-refractivity contribution in [2.75, 3.05) is 5.33 Å². The average molecular weight is 393 g/mol. The molecule has 0 aromatic heterocycles. The summed E-state index contributed by atoms with van der Waals surface area (Å²) in [5, 5.41) is 3.73. The van der Waals surface area contributed by atoms with Crippen LogP contribution in [0.3, 0.4) is 0 Å². The van der Waals surface area contributed by atoms with Gasteiger partial charge < -0.3 is 5.32 Å². The second-order valence-electron chi connectivity index (χ2n) is 5.03. The Labute approximate surface area is 129 Å². The lowest BCUT2D eigenvalue weighted by Gasteiger charge is -2.36. The summed E-state index contributed by atoms with van der Waals surface area (Å²) in [6, 6.07) is 4.77. The van der Waals surface area contributed by atoms with Gasteiger partial charge in [-0.25, -0.2) is 4.39 Å². The van der Waals surface area contributed by atoms with E-state index in [0.717, 1.165) is 25.7 Å². The molecule has 1 aliphatic rings. The summed E-state index contributed by atoms with van der Waals surface area (Å²) in [6.07, 6.45) is 5.30. The van der Waals surface area contributed by atoms with Crippen LogP contribution in [0.5, 0.6) is 0 Å². The summed E-state index contributed by atoms with van der Waals surface area (Å²) >= 11 is 6.59.